The normalized spacial score (nSPS) is 19.2. The number of fused-ring (bicyclic) bond motifs is 2. The molecule has 65 heavy (non-hydrogen) atoms. The van der Waals surface area contributed by atoms with Crippen molar-refractivity contribution in [1.82, 2.24) is 30.0 Å². The molecule has 5 heterocycles. The van der Waals surface area contributed by atoms with Crippen LogP contribution >= 0.6 is 0 Å². The largest absolute Gasteiger partial charge is 0.382 e. The summed E-state index contributed by atoms with van der Waals surface area (Å²) in [5, 5.41) is 23.2. The fourth-order valence-electron chi connectivity index (χ4n) is 8.27. The number of ketones is 2. The van der Waals surface area contributed by atoms with Gasteiger partial charge in [-0.3, -0.25) is 39.0 Å². The third kappa shape index (κ3) is 10.9. The van der Waals surface area contributed by atoms with Gasteiger partial charge in [-0.25, -0.2) is 9.97 Å². The zero-order valence-corrected chi connectivity index (χ0v) is 35.9. The maximum atomic E-state index is 13.5. The van der Waals surface area contributed by atoms with Gasteiger partial charge in [-0.2, -0.15) is 15.0 Å². The van der Waals surface area contributed by atoms with Crippen molar-refractivity contribution in [2.75, 3.05) is 70.0 Å². The Morgan fingerprint density at radius 3 is 2.31 bits per heavy atom. The van der Waals surface area contributed by atoms with Crippen molar-refractivity contribution in [2.24, 2.45) is 11.8 Å². The molecule has 2 saturated carbocycles. The van der Waals surface area contributed by atoms with Gasteiger partial charge >= 0.3 is 0 Å². The van der Waals surface area contributed by atoms with Crippen LogP contribution in [0.15, 0.2) is 48.9 Å². The van der Waals surface area contributed by atoms with Crippen molar-refractivity contribution in [3.8, 4) is 11.9 Å². The van der Waals surface area contributed by atoms with E-state index in [1.54, 1.807) is 41.3 Å². The maximum Gasteiger partial charge on any atom is 0.264 e. The maximum absolute atomic E-state index is 13.5. The molecule has 4 aromatic rings. The fraction of sp³-hybridized carbons (Fsp3) is 0.478. The number of nitrogens with one attached hydrogen (secondary N) is 3. The number of ether oxygens (including phenoxy) is 4. The average molecular weight is 890 g/mol. The second-order valence-corrected chi connectivity index (χ2v) is 16.6. The van der Waals surface area contributed by atoms with Gasteiger partial charge in [0.1, 0.15) is 17.9 Å². The van der Waals surface area contributed by atoms with Crippen LogP contribution in [-0.4, -0.2) is 131 Å². The lowest BCUT2D eigenvalue weighted by Gasteiger charge is -2.34. The predicted molar refractivity (Wildman–Crippen MR) is 232 cm³/mol. The van der Waals surface area contributed by atoms with Crippen molar-refractivity contribution in [2.45, 2.75) is 69.9 Å². The summed E-state index contributed by atoms with van der Waals surface area (Å²) in [4.78, 5) is 86.3. The van der Waals surface area contributed by atoms with E-state index in [1.165, 1.54) is 6.20 Å². The Kier molecular flexibility index (Phi) is 14.6. The topological polar surface area (TPSA) is 246 Å². The minimum atomic E-state index is -1.02. The molecule has 4 amide bonds. The van der Waals surface area contributed by atoms with Crippen LogP contribution in [0.2, 0.25) is 0 Å². The summed E-state index contributed by atoms with van der Waals surface area (Å²) in [5.41, 5.74) is 3.14. The number of nitriles is 1. The molecule has 2 aliphatic carbocycles. The highest BCUT2D eigenvalue weighted by Crippen LogP contribution is 2.39. The first-order valence-electron chi connectivity index (χ1n) is 22.1. The third-order valence-corrected chi connectivity index (χ3v) is 11.9. The van der Waals surface area contributed by atoms with E-state index in [-0.39, 0.29) is 47.4 Å². The minimum Gasteiger partial charge on any atom is -0.382 e. The summed E-state index contributed by atoms with van der Waals surface area (Å²) in [7, 11) is 0. The van der Waals surface area contributed by atoms with Gasteiger partial charge in [0.2, 0.25) is 11.8 Å². The average Bonchev–Trinajstić information content (AvgIpc) is 3.95. The van der Waals surface area contributed by atoms with Crippen LogP contribution in [0.5, 0.6) is 0 Å². The lowest BCUT2D eigenvalue weighted by atomic mass is 9.69. The first-order chi connectivity index (χ1) is 31.7. The third-order valence-electron chi connectivity index (χ3n) is 11.9. The number of carbonyl (C=O) groups is 6. The smallest absolute Gasteiger partial charge is 0.264 e. The Bertz CT molecular complexity index is 2490. The van der Waals surface area contributed by atoms with Crippen LogP contribution in [0, 0.1) is 23.2 Å². The van der Waals surface area contributed by atoms with Crippen molar-refractivity contribution in [1.29, 1.82) is 5.26 Å². The lowest BCUT2D eigenvalue weighted by molar-refractivity contribution is -0.136. The highest BCUT2D eigenvalue weighted by atomic mass is 16.6. The number of hydrogen-bond donors (Lipinski definition) is 3. The van der Waals surface area contributed by atoms with Crippen LogP contribution in [-0.2, 0) is 33.3 Å². The van der Waals surface area contributed by atoms with Gasteiger partial charge in [-0.1, -0.05) is 6.07 Å². The SMILES string of the molecule is N#Cc1cnc2c(cnn2-c2cc(NC3CC3)c(C(=O)CC3CC(C(=O)CCCOCCOCCOCCOCCNc4cccc5c4C(=O)N(C4CCC(=O)NC4=O)C5=O)C3)cn2)c1. The summed E-state index contributed by atoms with van der Waals surface area (Å²) in [6, 6.07) is 9.82. The molecule has 19 nitrogen and oxygen atoms in total. The number of piperidine rings is 1. The Labute approximate surface area is 374 Å². The monoisotopic (exact) mass is 889 g/mol. The van der Waals surface area contributed by atoms with E-state index in [9.17, 15) is 34.0 Å². The quantitative estimate of drug-likeness (QED) is 0.0487. The number of nitrogens with zero attached hydrogens (tertiary/aromatic N) is 6. The summed E-state index contributed by atoms with van der Waals surface area (Å²) >= 11 is 0. The van der Waals surface area contributed by atoms with E-state index in [4.69, 9.17) is 18.9 Å². The van der Waals surface area contributed by atoms with E-state index < -0.39 is 29.7 Å². The Morgan fingerprint density at radius 1 is 0.846 bits per heavy atom. The molecular weight excluding hydrogens is 839 g/mol. The molecule has 0 spiro atoms. The molecule has 3 aromatic heterocycles. The molecule has 3 N–H and O–H groups in total. The molecule has 0 radical (unpaired) electrons. The molecule has 8 rings (SSSR count). The van der Waals surface area contributed by atoms with Crippen LogP contribution < -0.4 is 16.0 Å². The van der Waals surface area contributed by atoms with Gasteiger partial charge in [0, 0.05) is 73.9 Å². The second kappa shape index (κ2) is 21.0. The van der Waals surface area contributed by atoms with Gasteiger partial charge in [-0.15, -0.1) is 0 Å². The first-order valence-corrected chi connectivity index (χ1v) is 22.1. The summed E-state index contributed by atoms with van der Waals surface area (Å²) < 4.78 is 24.0. The minimum absolute atomic E-state index is 0.000557. The highest BCUT2D eigenvalue weighted by Gasteiger charge is 2.45. The molecule has 1 aromatic carbocycles. The number of amides is 4. The molecule has 19 heteroatoms. The number of Topliss-reactive ketones (excluding diaryl/α,β-unsaturated/α-hetero) is 2. The number of aromatic nitrogens is 4. The van der Waals surface area contributed by atoms with Crippen molar-refractivity contribution >= 4 is 57.6 Å². The molecule has 340 valence electrons. The van der Waals surface area contributed by atoms with Gasteiger partial charge in [0.05, 0.1) is 80.4 Å². The number of rotatable bonds is 25. The number of hydrogen-bond acceptors (Lipinski definition) is 16. The molecule has 4 aliphatic rings. The zero-order valence-electron chi connectivity index (χ0n) is 35.9. The van der Waals surface area contributed by atoms with Crippen molar-refractivity contribution < 1.29 is 47.7 Å². The van der Waals surface area contributed by atoms with E-state index in [0.717, 1.165) is 28.8 Å². The standard InChI is InChI=1S/C46H51N9O10/c47-24-29-21-31-26-51-55(43(31)50-25-29)40-23-36(52-32-6-7-32)34(27-49-40)39(57)22-28-19-30(20-28)38(56)5-2-11-62-13-15-64-17-18-65-16-14-63-12-10-48-35-4-1-3-33-42(35)46(61)54(45(33)60)37-8-9-41(58)53-44(37)59/h1,3-4,21,23,25-28,30,32,37,48H,2,5-20,22H2,(H,49,52)(H,53,58,59). The number of imide groups is 2. The summed E-state index contributed by atoms with van der Waals surface area (Å²) in [6.07, 6.45) is 9.78. The van der Waals surface area contributed by atoms with Gasteiger partial charge in [0.15, 0.2) is 17.2 Å². The summed E-state index contributed by atoms with van der Waals surface area (Å²) in [5.74, 6) is -1.34. The highest BCUT2D eigenvalue weighted by molar-refractivity contribution is 6.25. The molecule has 0 bridgehead atoms. The Hall–Kier alpha value is -6.46. The molecule has 3 fully saturated rings. The summed E-state index contributed by atoms with van der Waals surface area (Å²) in [6.45, 7) is 3.44. The fourth-order valence-corrected chi connectivity index (χ4v) is 8.27. The molecule has 1 atom stereocenters. The van der Waals surface area contributed by atoms with E-state index in [1.807, 2.05) is 6.07 Å². The van der Waals surface area contributed by atoms with E-state index in [0.29, 0.717) is 126 Å². The number of pyridine rings is 2. The number of benzene rings is 1. The Balaban J connectivity index is 0.635. The molecule has 2 aliphatic heterocycles. The van der Waals surface area contributed by atoms with Crippen LogP contribution in [0.25, 0.3) is 16.9 Å². The van der Waals surface area contributed by atoms with Crippen molar-refractivity contribution in [3.63, 3.8) is 0 Å². The predicted octanol–water partition coefficient (Wildman–Crippen LogP) is 3.79. The second-order valence-electron chi connectivity index (χ2n) is 16.6. The Morgan fingerprint density at radius 2 is 1.58 bits per heavy atom. The molecule has 1 saturated heterocycles. The lowest BCUT2D eigenvalue weighted by Crippen LogP contribution is -2.54. The van der Waals surface area contributed by atoms with Gasteiger partial charge < -0.3 is 29.6 Å². The van der Waals surface area contributed by atoms with Crippen LogP contribution in [0.1, 0.15) is 94.4 Å². The van der Waals surface area contributed by atoms with E-state index >= 15 is 0 Å². The number of carbonyl (C=O) groups excluding carboxylic acids is 6. The molecule has 1 unspecified atom stereocenters. The van der Waals surface area contributed by atoms with E-state index in [2.05, 4.69) is 37.1 Å². The molecular formula is C46H51N9O10. The van der Waals surface area contributed by atoms with Crippen LogP contribution in [0.4, 0.5) is 11.4 Å². The van der Waals surface area contributed by atoms with Gasteiger partial charge in [0.25, 0.3) is 11.8 Å². The van der Waals surface area contributed by atoms with Crippen LogP contribution in [0.3, 0.4) is 0 Å². The number of anilines is 2. The van der Waals surface area contributed by atoms with Crippen molar-refractivity contribution in [3.05, 3.63) is 71.2 Å². The van der Waals surface area contributed by atoms with Gasteiger partial charge in [-0.05, 0) is 62.6 Å². The zero-order chi connectivity index (χ0) is 45.3. The first kappa shape index (κ1) is 45.1.